The van der Waals surface area contributed by atoms with Crippen molar-refractivity contribution >= 4 is 8.32 Å². The van der Waals surface area contributed by atoms with E-state index in [1.54, 1.807) is 12.1 Å². The van der Waals surface area contributed by atoms with Crippen LogP contribution in [0.5, 0.6) is 0 Å². The van der Waals surface area contributed by atoms with Gasteiger partial charge in [-0.05, 0) is 60.4 Å². The molecule has 0 saturated carbocycles. The average Bonchev–Trinajstić information content (AvgIpc) is 2.70. The summed E-state index contributed by atoms with van der Waals surface area (Å²) in [6.07, 6.45) is 0.705. The number of aromatic nitrogens is 1. The van der Waals surface area contributed by atoms with Crippen molar-refractivity contribution in [2.45, 2.75) is 117 Å². The van der Waals surface area contributed by atoms with Gasteiger partial charge in [0, 0.05) is 35.0 Å². The summed E-state index contributed by atoms with van der Waals surface area (Å²) in [7, 11) is -2.08. The average molecular weight is 518 g/mol. The van der Waals surface area contributed by atoms with Crippen molar-refractivity contribution in [3.8, 4) is 0 Å². The highest BCUT2D eigenvalue weighted by Crippen LogP contribution is 2.49. The molecule has 1 N–H and O–H groups in total. The van der Waals surface area contributed by atoms with Gasteiger partial charge >= 0.3 is 0 Å². The molecule has 1 aliphatic rings. The first-order valence-corrected chi connectivity index (χ1v) is 16.0. The summed E-state index contributed by atoms with van der Waals surface area (Å²) in [4.78, 5) is 5.17. The number of fused-ring (bicyclic) bond motifs is 1. The summed E-state index contributed by atoms with van der Waals surface area (Å²) >= 11 is 0. The van der Waals surface area contributed by atoms with E-state index in [1.807, 2.05) is 0 Å². The van der Waals surface area contributed by atoms with Gasteiger partial charge in [-0.15, -0.1) is 0 Å². The van der Waals surface area contributed by atoms with Gasteiger partial charge in [-0.25, -0.2) is 8.78 Å². The Labute approximate surface area is 217 Å². The van der Waals surface area contributed by atoms with Gasteiger partial charge in [-0.3, -0.25) is 4.98 Å². The van der Waals surface area contributed by atoms with E-state index in [4.69, 9.17) is 9.41 Å². The molecular weight excluding hydrogens is 472 g/mol. The highest BCUT2D eigenvalue weighted by molar-refractivity contribution is 6.74. The number of pyridine rings is 1. The second-order valence-corrected chi connectivity index (χ2v) is 18.1. The molecule has 2 unspecified atom stereocenters. The highest BCUT2D eigenvalue weighted by atomic mass is 28.4. The normalized spacial score (nSPS) is 19.4. The van der Waals surface area contributed by atoms with E-state index in [2.05, 4.69) is 68.5 Å². The lowest BCUT2D eigenvalue weighted by Gasteiger charge is -2.45. The van der Waals surface area contributed by atoms with E-state index in [0.717, 1.165) is 47.8 Å². The minimum absolute atomic E-state index is 0.0507. The summed E-state index contributed by atoms with van der Waals surface area (Å²) in [6, 6.07) is 6.02. The summed E-state index contributed by atoms with van der Waals surface area (Å²) < 4.78 is 34.6. The predicted octanol–water partition coefficient (Wildman–Crippen LogP) is 8.74. The lowest BCUT2D eigenvalue weighted by molar-refractivity contribution is 0.0174. The second kappa shape index (κ2) is 9.59. The Morgan fingerprint density at radius 3 is 2.11 bits per heavy atom. The molecule has 1 heterocycles. The third-order valence-corrected chi connectivity index (χ3v) is 12.6. The number of aliphatic hydroxyl groups excluding tert-OH is 1. The van der Waals surface area contributed by atoms with E-state index < -0.39 is 20.3 Å². The van der Waals surface area contributed by atoms with E-state index in [-0.39, 0.29) is 28.0 Å². The van der Waals surface area contributed by atoms with Crippen molar-refractivity contribution in [2.75, 3.05) is 0 Å². The molecule has 0 fully saturated rings. The first-order chi connectivity index (χ1) is 16.2. The standard InChI is InChI=1S/C30H45F2NO2Si/c1-18(2)26-25(27(34)20-12-14-21(15-13-20)30(9,31)32)19(3)24-22(33-26)16-29(7,8)17-23(24)35-36(10,11)28(4,5)6/h12-15,18,23,27,34H,16-17H2,1-11H3. The van der Waals surface area contributed by atoms with Crippen LogP contribution < -0.4 is 0 Å². The molecule has 0 radical (unpaired) electrons. The van der Waals surface area contributed by atoms with Gasteiger partial charge < -0.3 is 9.53 Å². The maximum Gasteiger partial charge on any atom is 0.270 e. The Morgan fingerprint density at radius 1 is 1.08 bits per heavy atom. The maximum atomic E-state index is 13.8. The van der Waals surface area contributed by atoms with E-state index in [1.165, 1.54) is 12.1 Å². The van der Waals surface area contributed by atoms with Gasteiger partial charge in [-0.1, -0.05) is 72.7 Å². The third kappa shape index (κ3) is 5.76. The van der Waals surface area contributed by atoms with Crippen LogP contribution in [0.15, 0.2) is 24.3 Å². The van der Waals surface area contributed by atoms with E-state index in [9.17, 15) is 13.9 Å². The Kier molecular flexibility index (Phi) is 7.71. The molecule has 3 rings (SSSR count). The first kappa shape index (κ1) is 28.9. The van der Waals surface area contributed by atoms with Crippen molar-refractivity contribution in [1.82, 2.24) is 4.98 Å². The third-order valence-electron chi connectivity index (χ3n) is 8.15. The number of nitrogens with zero attached hydrogens (tertiary/aromatic N) is 1. The molecule has 1 aromatic heterocycles. The lowest BCUT2D eigenvalue weighted by Crippen LogP contribution is -2.44. The van der Waals surface area contributed by atoms with Crippen LogP contribution in [0.3, 0.4) is 0 Å². The Hall–Kier alpha value is -1.63. The van der Waals surface area contributed by atoms with Gasteiger partial charge in [0.1, 0.15) is 6.10 Å². The molecule has 36 heavy (non-hydrogen) atoms. The number of hydrogen-bond donors (Lipinski definition) is 1. The summed E-state index contributed by atoms with van der Waals surface area (Å²) in [6.45, 7) is 23.0. The monoisotopic (exact) mass is 517 g/mol. The fourth-order valence-corrected chi connectivity index (χ4v) is 6.32. The van der Waals surface area contributed by atoms with Gasteiger partial charge in [0.2, 0.25) is 0 Å². The summed E-state index contributed by atoms with van der Waals surface area (Å²) in [5, 5.41) is 11.7. The number of benzene rings is 1. The van der Waals surface area contributed by atoms with Crippen molar-refractivity contribution in [3.63, 3.8) is 0 Å². The van der Waals surface area contributed by atoms with Crippen LogP contribution in [0.1, 0.15) is 119 Å². The van der Waals surface area contributed by atoms with Crippen molar-refractivity contribution in [1.29, 1.82) is 0 Å². The first-order valence-electron chi connectivity index (χ1n) is 13.1. The summed E-state index contributed by atoms with van der Waals surface area (Å²) in [5.41, 5.74) is 5.41. The Balaban J connectivity index is 2.18. The van der Waals surface area contributed by atoms with Gasteiger partial charge in [0.05, 0.1) is 6.10 Å². The maximum absolute atomic E-state index is 13.8. The van der Waals surface area contributed by atoms with Crippen LogP contribution in [0.2, 0.25) is 18.1 Å². The minimum Gasteiger partial charge on any atom is -0.410 e. The zero-order valence-corrected chi connectivity index (χ0v) is 25.0. The molecular formula is C30H45F2NO2Si. The minimum atomic E-state index is -2.92. The molecule has 0 spiro atoms. The number of alkyl halides is 2. The number of halogens is 2. The quantitative estimate of drug-likeness (QED) is 0.390. The van der Waals surface area contributed by atoms with Crippen molar-refractivity contribution in [3.05, 3.63) is 63.5 Å². The molecule has 6 heteroatoms. The highest BCUT2D eigenvalue weighted by Gasteiger charge is 2.44. The topological polar surface area (TPSA) is 42.4 Å². The SMILES string of the molecule is Cc1c2c(nc(C(C)C)c1C(O)c1ccc(C(C)(F)F)cc1)CC(C)(C)CC2O[Si](C)(C)C(C)(C)C. The molecule has 2 aromatic rings. The molecule has 0 amide bonds. The zero-order chi connectivity index (χ0) is 27.4. The van der Waals surface area contributed by atoms with Crippen LogP contribution >= 0.6 is 0 Å². The lowest BCUT2D eigenvalue weighted by atomic mass is 9.72. The predicted molar refractivity (Wildman–Crippen MR) is 146 cm³/mol. The zero-order valence-electron chi connectivity index (χ0n) is 24.0. The van der Waals surface area contributed by atoms with Gasteiger partial charge in [0.25, 0.3) is 5.92 Å². The molecule has 2 atom stereocenters. The summed E-state index contributed by atoms with van der Waals surface area (Å²) in [5.74, 6) is -2.82. The van der Waals surface area contributed by atoms with E-state index >= 15 is 0 Å². The van der Waals surface area contributed by atoms with Gasteiger partial charge in [0.15, 0.2) is 8.32 Å². The molecule has 1 aromatic carbocycles. The van der Waals surface area contributed by atoms with E-state index in [0.29, 0.717) is 5.56 Å². The molecule has 0 aliphatic heterocycles. The van der Waals surface area contributed by atoms with Crippen LogP contribution in [-0.2, 0) is 16.8 Å². The fraction of sp³-hybridized carbons (Fsp3) is 0.633. The van der Waals surface area contributed by atoms with Crippen LogP contribution in [0, 0.1) is 12.3 Å². The van der Waals surface area contributed by atoms with Crippen LogP contribution in [-0.4, -0.2) is 18.4 Å². The number of aliphatic hydroxyl groups is 1. The van der Waals surface area contributed by atoms with Gasteiger partial charge in [-0.2, -0.15) is 0 Å². The largest absolute Gasteiger partial charge is 0.410 e. The van der Waals surface area contributed by atoms with Crippen molar-refractivity contribution in [2.24, 2.45) is 5.41 Å². The van der Waals surface area contributed by atoms with Crippen LogP contribution in [0.25, 0.3) is 0 Å². The Bertz CT molecular complexity index is 1100. The molecule has 1 aliphatic carbocycles. The molecule has 0 bridgehead atoms. The molecule has 200 valence electrons. The van der Waals surface area contributed by atoms with Crippen molar-refractivity contribution < 1.29 is 18.3 Å². The number of hydrogen-bond acceptors (Lipinski definition) is 3. The molecule has 3 nitrogen and oxygen atoms in total. The fourth-order valence-electron chi connectivity index (χ4n) is 5.05. The number of rotatable bonds is 6. The molecule has 0 saturated heterocycles. The second-order valence-electron chi connectivity index (χ2n) is 13.4. The smallest absolute Gasteiger partial charge is 0.270 e. The van der Waals surface area contributed by atoms with Crippen LogP contribution in [0.4, 0.5) is 8.78 Å². The Morgan fingerprint density at radius 2 is 1.64 bits per heavy atom.